The van der Waals surface area contributed by atoms with E-state index in [2.05, 4.69) is 47.0 Å². The van der Waals surface area contributed by atoms with Crippen LogP contribution >= 0.6 is 0 Å². The van der Waals surface area contributed by atoms with Gasteiger partial charge in [0.05, 0.1) is 0 Å². The molecule has 0 bridgehead atoms. The molecular formula is C14H26N4. The normalized spacial score (nSPS) is 10.9. The lowest BCUT2D eigenvalue weighted by atomic mass is 10.2. The molecule has 0 spiro atoms. The number of aryl methyl sites for hydroxylation is 1. The van der Waals surface area contributed by atoms with Gasteiger partial charge >= 0.3 is 0 Å². The van der Waals surface area contributed by atoms with Gasteiger partial charge in [-0.25, -0.2) is 9.97 Å². The third kappa shape index (κ3) is 5.45. The molecule has 0 aliphatic heterocycles. The number of anilines is 1. The SMILES string of the molecule is CCCc1cc(NCCN(CC)CCC)ncn1. The Kier molecular flexibility index (Phi) is 7.34. The number of hydrogen-bond acceptors (Lipinski definition) is 4. The Balaban J connectivity index is 2.36. The number of likely N-dealkylation sites (N-methyl/N-ethyl adjacent to an activating group) is 1. The molecule has 1 aromatic rings. The summed E-state index contributed by atoms with van der Waals surface area (Å²) in [5, 5.41) is 3.37. The second-order valence-electron chi connectivity index (χ2n) is 4.51. The minimum Gasteiger partial charge on any atom is -0.369 e. The van der Waals surface area contributed by atoms with Gasteiger partial charge in [0.25, 0.3) is 0 Å². The van der Waals surface area contributed by atoms with Gasteiger partial charge in [-0.1, -0.05) is 27.2 Å². The zero-order chi connectivity index (χ0) is 13.2. The molecule has 1 rings (SSSR count). The highest BCUT2D eigenvalue weighted by atomic mass is 15.1. The maximum absolute atomic E-state index is 4.26. The van der Waals surface area contributed by atoms with Crippen LogP contribution in [-0.2, 0) is 6.42 Å². The van der Waals surface area contributed by atoms with Crippen molar-refractivity contribution in [3.05, 3.63) is 18.1 Å². The van der Waals surface area contributed by atoms with Gasteiger partial charge in [-0.15, -0.1) is 0 Å². The average Bonchev–Trinajstić information content (AvgIpc) is 2.38. The van der Waals surface area contributed by atoms with Gasteiger partial charge in [0.15, 0.2) is 0 Å². The summed E-state index contributed by atoms with van der Waals surface area (Å²) >= 11 is 0. The van der Waals surface area contributed by atoms with E-state index in [0.29, 0.717) is 0 Å². The zero-order valence-electron chi connectivity index (χ0n) is 11.9. The largest absolute Gasteiger partial charge is 0.369 e. The number of rotatable bonds is 9. The third-order valence-corrected chi connectivity index (χ3v) is 2.95. The van der Waals surface area contributed by atoms with Gasteiger partial charge < -0.3 is 10.2 Å². The first-order valence-corrected chi connectivity index (χ1v) is 7.07. The van der Waals surface area contributed by atoms with Gasteiger partial charge in [0, 0.05) is 24.8 Å². The van der Waals surface area contributed by atoms with Crippen molar-refractivity contribution in [3.8, 4) is 0 Å². The lowest BCUT2D eigenvalue weighted by Gasteiger charge is -2.19. The summed E-state index contributed by atoms with van der Waals surface area (Å²) < 4.78 is 0. The molecule has 0 atom stereocenters. The monoisotopic (exact) mass is 250 g/mol. The van der Waals surface area contributed by atoms with E-state index in [9.17, 15) is 0 Å². The highest BCUT2D eigenvalue weighted by Crippen LogP contribution is 2.05. The molecule has 0 amide bonds. The highest BCUT2D eigenvalue weighted by molar-refractivity contribution is 5.34. The van der Waals surface area contributed by atoms with E-state index in [4.69, 9.17) is 0 Å². The Morgan fingerprint density at radius 3 is 2.61 bits per heavy atom. The summed E-state index contributed by atoms with van der Waals surface area (Å²) in [4.78, 5) is 11.0. The Labute approximate surface area is 111 Å². The van der Waals surface area contributed by atoms with Crippen LogP contribution < -0.4 is 5.32 Å². The van der Waals surface area contributed by atoms with Crippen molar-refractivity contribution in [2.45, 2.75) is 40.0 Å². The molecular weight excluding hydrogens is 224 g/mol. The minimum absolute atomic E-state index is 0.941. The van der Waals surface area contributed by atoms with E-state index in [1.807, 2.05) is 0 Å². The van der Waals surface area contributed by atoms with Crippen LogP contribution in [0.25, 0.3) is 0 Å². The van der Waals surface area contributed by atoms with Gasteiger partial charge in [-0.2, -0.15) is 0 Å². The molecule has 4 nitrogen and oxygen atoms in total. The van der Waals surface area contributed by atoms with Crippen molar-refractivity contribution in [1.82, 2.24) is 14.9 Å². The predicted octanol–water partition coefficient (Wildman–Crippen LogP) is 2.57. The zero-order valence-corrected chi connectivity index (χ0v) is 11.9. The first-order valence-electron chi connectivity index (χ1n) is 7.07. The van der Waals surface area contributed by atoms with Crippen molar-refractivity contribution in [2.75, 3.05) is 31.5 Å². The van der Waals surface area contributed by atoms with Crippen molar-refractivity contribution in [2.24, 2.45) is 0 Å². The fourth-order valence-corrected chi connectivity index (χ4v) is 1.97. The van der Waals surface area contributed by atoms with Gasteiger partial charge in [0.1, 0.15) is 12.1 Å². The second kappa shape index (κ2) is 8.86. The quantitative estimate of drug-likeness (QED) is 0.731. The predicted molar refractivity (Wildman–Crippen MR) is 76.9 cm³/mol. The minimum atomic E-state index is 0.941. The van der Waals surface area contributed by atoms with Crippen LogP contribution in [0.5, 0.6) is 0 Å². The topological polar surface area (TPSA) is 41.0 Å². The van der Waals surface area contributed by atoms with Gasteiger partial charge in [0.2, 0.25) is 0 Å². The maximum atomic E-state index is 4.26. The van der Waals surface area contributed by atoms with Crippen LogP contribution in [-0.4, -0.2) is 41.0 Å². The van der Waals surface area contributed by atoms with Crippen molar-refractivity contribution in [1.29, 1.82) is 0 Å². The molecule has 1 aromatic heterocycles. The smallest absolute Gasteiger partial charge is 0.129 e. The fourth-order valence-electron chi connectivity index (χ4n) is 1.97. The Hall–Kier alpha value is -1.16. The van der Waals surface area contributed by atoms with E-state index in [0.717, 1.165) is 44.0 Å². The third-order valence-electron chi connectivity index (χ3n) is 2.95. The Morgan fingerprint density at radius 1 is 1.11 bits per heavy atom. The van der Waals surface area contributed by atoms with E-state index in [1.54, 1.807) is 6.33 Å². The first kappa shape index (κ1) is 14.9. The molecule has 0 aliphatic carbocycles. The number of aromatic nitrogens is 2. The fraction of sp³-hybridized carbons (Fsp3) is 0.714. The summed E-state index contributed by atoms with van der Waals surface area (Å²) in [6, 6.07) is 2.06. The van der Waals surface area contributed by atoms with Crippen molar-refractivity contribution < 1.29 is 0 Å². The van der Waals surface area contributed by atoms with Crippen LogP contribution in [0, 0.1) is 0 Å². The van der Waals surface area contributed by atoms with Crippen LogP contribution in [0.1, 0.15) is 39.3 Å². The van der Waals surface area contributed by atoms with Gasteiger partial charge in [-0.05, 0) is 25.9 Å². The Morgan fingerprint density at radius 2 is 1.94 bits per heavy atom. The van der Waals surface area contributed by atoms with E-state index >= 15 is 0 Å². The maximum Gasteiger partial charge on any atom is 0.129 e. The van der Waals surface area contributed by atoms with E-state index < -0.39 is 0 Å². The van der Waals surface area contributed by atoms with Crippen LogP contribution in [0.2, 0.25) is 0 Å². The molecule has 0 fully saturated rings. The summed E-state index contributed by atoms with van der Waals surface area (Å²) in [5.41, 5.74) is 1.12. The van der Waals surface area contributed by atoms with Crippen molar-refractivity contribution in [3.63, 3.8) is 0 Å². The summed E-state index contributed by atoms with van der Waals surface area (Å²) in [6.07, 6.45) is 5.00. The molecule has 1 heterocycles. The lowest BCUT2D eigenvalue weighted by Crippen LogP contribution is -2.29. The molecule has 1 N–H and O–H groups in total. The molecule has 0 unspecified atom stereocenters. The Bertz CT molecular complexity index is 327. The highest BCUT2D eigenvalue weighted by Gasteiger charge is 2.01. The molecule has 0 saturated heterocycles. The van der Waals surface area contributed by atoms with Crippen LogP contribution in [0.3, 0.4) is 0 Å². The molecule has 0 aromatic carbocycles. The van der Waals surface area contributed by atoms with Crippen LogP contribution in [0.15, 0.2) is 12.4 Å². The molecule has 4 heteroatoms. The first-order chi connectivity index (χ1) is 8.80. The molecule has 102 valence electrons. The van der Waals surface area contributed by atoms with E-state index in [-0.39, 0.29) is 0 Å². The number of nitrogens with one attached hydrogen (secondary N) is 1. The molecule has 0 saturated carbocycles. The number of hydrogen-bond donors (Lipinski definition) is 1. The second-order valence-corrected chi connectivity index (χ2v) is 4.51. The average molecular weight is 250 g/mol. The van der Waals surface area contributed by atoms with Gasteiger partial charge in [-0.3, -0.25) is 0 Å². The summed E-state index contributed by atoms with van der Waals surface area (Å²) in [7, 11) is 0. The van der Waals surface area contributed by atoms with Crippen molar-refractivity contribution >= 4 is 5.82 Å². The molecule has 0 radical (unpaired) electrons. The van der Waals surface area contributed by atoms with E-state index in [1.165, 1.54) is 13.0 Å². The molecule has 18 heavy (non-hydrogen) atoms. The standard InChI is InChI=1S/C14H26N4/c1-4-7-13-11-14(17-12-16-13)15-8-10-18(6-3)9-5-2/h11-12H,4-10H2,1-3H3,(H,15,16,17). The lowest BCUT2D eigenvalue weighted by molar-refractivity contribution is 0.300. The summed E-state index contributed by atoms with van der Waals surface area (Å²) in [5.74, 6) is 0.945. The summed E-state index contributed by atoms with van der Waals surface area (Å²) in [6.45, 7) is 10.9. The number of nitrogens with zero attached hydrogens (tertiary/aromatic N) is 3. The molecule has 0 aliphatic rings. The van der Waals surface area contributed by atoms with Crippen LogP contribution in [0.4, 0.5) is 5.82 Å².